The lowest BCUT2D eigenvalue weighted by atomic mass is 10.1. The molecule has 0 spiro atoms. The third kappa shape index (κ3) is 5.50. The highest BCUT2D eigenvalue weighted by Crippen LogP contribution is 2.08. The third-order valence-corrected chi connectivity index (χ3v) is 3.13. The highest BCUT2D eigenvalue weighted by Gasteiger charge is 2.17. The molecule has 1 N–H and O–H groups in total. The molecular weight excluding hydrogens is 188 g/mol. The summed E-state index contributed by atoms with van der Waals surface area (Å²) in [5.74, 6) is 0. The standard InChI is InChI=1S/C12H26N2O/c1-12-11-15-10-9-14(12)8-6-4-3-5-7-13-2/h12-13H,3-11H2,1-2H3. The van der Waals surface area contributed by atoms with Crippen molar-refractivity contribution in [1.82, 2.24) is 10.2 Å². The minimum atomic E-state index is 0.621. The van der Waals surface area contributed by atoms with Crippen LogP contribution in [0.1, 0.15) is 32.6 Å². The van der Waals surface area contributed by atoms with Gasteiger partial charge in [0, 0.05) is 12.6 Å². The molecule has 0 aromatic heterocycles. The Hall–Kier alpha value is -0.120. The van der Waals surface area contributed by atoms with Crippen LogP contribution in [0.4, 0.5) is 0 Å². The molecule has 0 aliphatic carbocycles. The van der Waals surface area contributed by atoms with E-state index in [1.54, 1.807) is 0 Å². The molecule has 1 rings (SSSR count). The monoisotopic (exact) mass is 214 g/mol. The van der Waals surface area contributed by atoms with Crippen LogP contribution in [0.25, 0.3) is 0 Å². The van der Waals surface area contributed by atoms with E-state index < -0.39 is 0 Å². The van der Waals surface area contributed by atoms with Gasteiger partial charge in [-0.1, -0.05) is 12.8 Å². The number of ether oxygens (including phenoxy) is 1. The molecule has 3 nitrogen and oxygen atoms in total. The van der Waals surface area contributed by atoms with Gasteiger partial charge in [-0.15, -0.1) is 0 Å². The van der Waals surface area contributed by atoms with Crippen LogP contribution >= 0.6 is 0 Å². The Bertz CT molecular complexity index is 153. The molecule has 0 bridgehead atoms. The Morgan fingerprint density at radius 3 is 2.80 bits per heavy atom. The first-order chi connectivity index (χ1) is 7.34. The van der Waals surface area contributed by atoms with Crippen LogP contribution in [0.5, 0.6) is 0 Å². The van der Waals surface area contributed by atoms with Crippen molar-refractivity contribution < 1.29 is 4.74 Å². The van der Waals surface area contributed by atoms with Crippen molar-refractivity contribution in [2.24, 2.45) is 0 Å². The van der Waals surface area contributed by atoms with Crippen LogP contribution in [0.2, 0.25) is 0 Å². The van der Waals surface area contributed by atoms with Crippen molar-refractivity contribution in [3.8, 4) is 0 Å². The first kappa shape index (κ1) is 12.9. The molecule has 15 heavy (non-hydrogen) atoms. The van der Waals surface area contributed by atoms with E-state index in [4.69, 9.17) is 4.74 Å². The second kappa shape index (κ2) is 8.08. The molecule has 0 aromatic rings. The van der Waals surface area contributed by atoms with Gasteiger partial charge < -0.3 is 10.1 Å². The maximum absolute atomic E-state index is 5.42. The van der Waals surface area contributed by atoms with Crippen molar-refractivity contribution in [1.29, 1.82) is 0 Å². The van der Waals surface area contributed by atoms with E-state index in [0.717, 1.165) is 26.3 Å². The number of morpholine rings is 1. The van der Waals surface area contributed by atoms with Gasteiger partial charge in [0.25, 0.3) is 0 Å². The molecule has 1 fully saturated rings. The Morgan fingerprint density at radius 1 is 1.27 bits per heavy atom. The molecule has 1 heterocycles. The molecule has 1 aliphatic rings. The van der Waals surface area contributed by atoms with Crippen LogP contribution in [0, 0.1) is 0 Å². The summed E-state index contributed by atoms with van der Waals surface area (Å²) in [4.78, 5) is 2.56. The number of unbranched alkanes of at least 4 members (excludes halogenated alkanes) is 3. The van der Waals surface area contributed by atoms with Crippen molar-refractivity contribution in [2.75, 3.05) is 39.9 Å². The van der Waals surface area contributed by atoms with Gasteiger partial charge in [0.2, 0.25) is 0 Å². The average molecular weight is 214 g/mol. The van der Waals surface area contributed by atoms with Crippen molar-refractivity contribution in [3.63, 3.8) is 0 Å². The smallest absolute Gasteiger partial charge is 0.0619 e. The summed E-state index contributed by atoms with van der Waals surface area (Å²) in [7, 11) is 2.02. The molecule has 1 atom stereocenters. The summed E-state index contributed by atoms with van der Waals surface area (Å²) in [5.41, 5.74) is 0. The fourth-order valence-corrected chi connectivity index (χ4v) is 2.06. The summed E-state index contributed by atoms with van der Waals surface area (Å²) < 4.78 is 5.42. The summed E-state index contributed by atoms with van der Waals surface area (Å²) in [6.07, 6.45) is 5.38. The fourth-order valence-electron chi connectivity index (χ4n) is 2.06. The van der Waals surface area contributed by atoms with Gasteiger partial charge >= 0.3 is 0 Å². The quantitative estimate of drug-likeness (QED) is 0.650. The number of rotatable bonds is 7. The molecule has 0 amide bonds. The van der Waals surface area contributed by atoms with Gasteiger partial charge in [0.05, 0.1) is 13.2 Å². The molecule has 1 aliphatic heterocycles. The van der Waals surface area contributed by atoms with Gasteiger partial charge in [0.15, 0.2) is 0 Å². The van der Waals surface area contributed by atoms with Gasteiger partial charge in [-0.3, -0.25) is 4.90 Å². The van der Waals surface area contributed by atoms with Crippen LogP contribution in [-0.2, 0) is 4.74 Å². The predicted molar refractivity (Wildman–Crippen MR) is 64.2 cm³/mol. The molecule has 0 aromatic carbocycles. The van der Waals surface area contributed by atoms with Crippen molar-refractivity contribution in [2.45, 2.75) is 38.6 Å². The molecule has 1 unspecified atom stereocenters. The van der Waals surface area contributed by atoms with E-state index in [1.807, 2.05) is 7.05 Å². The lowest BCUT2D eigenvalue weighted by molar-refractivity contribution is -0.000913. The fraction of sp³-hybridized carbons (Fsp3) is 1.00. The number of nitrogens with zero attached hydrogens (tertiary/aromatic N) is 1. The minimum Gasteiger partial charge on any atom is -0.379 e. The molecule has 0 radical (unpaired) electrons. The maximum atomic E-state index is 5.42. The molecule has 0 saturated carbocycles. The molecule has 1 saturated heterocycles. The second-order valence-electron chi connectivity index (χ2n) is 4.48. The minimum absolute atomic E-state index is 0.621. The van der Waals surface area contributed by atoms with Gasteiger partial charge in [-0.05, 0) is 39.9 Å². The van der Waals surface area contributed by atoms with E-state index in [2.05, 4.69) is 17.1 Å². The van der Waals surface area contributed by atoms with E-state index >= 15 is 0 Å². The van der Waals surface area contributed by atoms with E-state index in [0.29, 0.717) is 6.04 Å². The van der Waals surface area contributed by atoms with Crippen molar-refractivity contribution in [3.05, 3.63) is 0 Å². The zero-order valence-electron chi connectivity index (χ0n) is 10.3. The van der Waals surface area contributed by atoms with Crippen molar-refractivity contribution >= 4 is 0 Å². The first-order valence-corrected chi connectivity index (χ1v) is 6.31. The normalized spacial score (nSPS) is 23.2. The van der Waals surface area contributed by atoms with Crippen LogP contribution in [0.15, 0.2) is 0 Å². The van der Waals surface area contributed by atoms with Gasteiger partial charge in [0.1, 0.15) is 0 Å². The zero-order valence-corrected chi connectivity index (χ0v) is 10.3. The summed E-state index contributed by atoms with van der Waals surface area (Å²) >= 11 is 0. The lowest BCUT2D eigenvalue weighted by Crippen LogP contribution is -2.43. The van der Waals surface area contributed by atoms with E-state index in [9.17, 15) is 0 Å². The number of hydrogen-bond acceptors (Lipinski definition) is 3. The topological polar surface area (TPSA) is 24.5 Å². The van der Waals surface area contributed by atoms with Gasteiger partial charge in [-0.25, -0.2) is 0 Å². The number of nitrogens with one attached hydrogen (secondary N) is 1. The molecule has 3 heteroatoms. The first-order valence-electron chi connectivity index (χ1n) is 6.31. The van der Waals surface area contributed by atoms with Crippen LogP contribution in [0.3, 0.4) is 0 Å². The summed E-state index contributed by atoms with van der Waals surface area (Å²) in [6, 6.07) is 0.621. The average Bonchev–Trinajstić information content (AvgIpc) is 2.25. The maximum Gasteiger partial charge on any atom is 0.0619 e. The van der Waals surface area contributed by atoms with E-state index in [1.165, 1.54) is 32.2 Å². The summed E-state index contributed by atoms with van der Waals surface area (Å²) in [5, 5.41) is 3.19. The Kier molecular flexibility index (Phi) is 6.98. The Balaban J connectivity index is 1.94. The predicted octanol–water partition coefficient (Wildman–Crippen LogP) is 1.49. The lowest BCUT2D eigenvalue weighted by Gasteiger charge is -2.33. The SMILES string of the molecule is CNCCCCCCN1CCOCC1C. The largest absolute Gasteiger partial charge is 0.379 e. The highest BCUT2D eigenvalue weighted by atomic mass is 16.5. The van der Waals surface area contributed by atoms with Crippen LogP contribution < -0.4 is 5.32 Å². The molecule has 90 valence electrons. The zero-order chi connectivity index (χ0) is 10.9. The Labute approximate surface area is 94.2 Å². The van der Waals surface area contributed by atoms with Gasteiger partial charge in [-0.2, -0.15) is 0 Å². The molecular formula is C12H26N2O. The second-order valence-corrected chi connectivity index (χ2v) is 4.48. The summed E-state index contributed by atoms with van der Waals surface area (Å²) in [6.45, 7) is 7.64. The van der Waals surface area contributed by atoms with E-state index in [-0.39, 0.29) is 0 Å². The van der Waals surface area contributed by atoms with Crippen LogP contribution in [-0.4, -0.2) is 50.8 Å². The third-order valence-electron chi connectivity index (χ3n) is 3.13. The Morgan fingerprint density at radius 2 is 2.07 bits per heavy atom. The number of hydrogen-bond donors (Lipinski definition) is 1. The highest BCUT2D eigenvalue weighted by molar-refractivity contribution is 4.70.